The quantitative estimate of drug-likeness (QED) is 0.613. The van der Waals surface area contributed by atoms with Gasteiger partial charge >= 0.3 is 6.03 Å². The van der Waals surface area contributed by atoms with Crippen LogP contribution >= 0.6 is 0 Å². The summed E-state index contributed by atoms with van der Waals surface area (Å²) in [6, 6.07) is 4.19. The Balaban J connectivity index is 2.90. The molecule has 0 saturated heterocycles. The van der Waals surface area contributed by atoms with Crippen LogP contribution in [0.2, 0.25) is 0 Å². The van der Waals surface area contributed by atoms with E-state index in [1.54, 1.807) is 26.1 Å². The molecule has 0 heterocycles. The van der Waals surface area contributed by atoms with Crippen LogP contribution in [0.5, 0.6) is 0 Å². The lowest BCUT2D eigenvalue weighted by atomic mass is 10.1. The molecule has 0 fully saturated rings. The minimum Gasteiger partial charge on any atom is -0.369 e. The molecule has 1 aromatic carbocycles. The van der Waals surface area contributed by atoms with Crippen molar-refractivity contribution in [2.24, 2.45) is 10.7 Å². The highest BCUT2D eigenvalue weighted by Gasteiger charge is 2.15. The number of amides is 2. The van der Waals surface area contributed by atoms with Crippen LogP contribution in [0.4, 0.5) is 14.9 Å². The summed E-state index contributed by atoms with van der Waals surface area (Å²) in [4.78, 5) is 16.7. The largest absolute Gasteiger partial charge is 0.369 e. The van der Waals surface area contributed by atoms with Crippen molar-refractivity contribution in [1.82, 2.24) is 5.32 Å². The van der Waals surface area contributed by atoms with Crippen LogP contribution in [0.1, 0.15) is 26.3 Å². The fraction of sp³-hybridized carbons (Fsp3) is 0.429. The molecular weight excluding hydrogens is 259 g/mol. The number of urea groups is 1. The van der Waals surface area contributed by atoms with Crippen molar-refractivity contribution in [3.63, 3.8) is 0 Å². The first kappa shape index (κ1) is 15.9. The number of anilines is 1. The van der Waals surface area contributed by atoms with Crippen LogP contribution in [-0.4, -0.2) is 24.6 Å². The Morgan fingerprint density at radius 1 is 1.40 bits per heavy atom. The van der Waals surface area contributed by atoms with Gasteiger partial charge in [0.25, 0.3) is 0 Å². The number of halogens is 1. The van der Waals surface area contributed by atoms with Gasteiger partial charge in [-0.25, -0.2) is 9.18 Å². The normalized spacial score (nSPS) is 12.2. The van der Waals surface area contributed by atoms with Crippen LogP contribution in [0, 0.1) is 12.7 Å². The second-order valence-corrected chi connectivity index (χ2v) is 5.66. The van der Waals surface area contributed by atoms with E-state index in [9.17, 15) is 9.18 Å². The molecule has 1 rings (SSSR count). The molecule has 0 unspecified atom stereocenters. The molecule has 0 aliphatic rings. The van der Waals surface area contributed by atoms with Crippen LogP contribution in [0.15, 0.2) is 23.2 Å². The number of rotatable bonds is 1. The maximum absolute atomic E-state index is 13.8. The van der Waals surface area contributed by atoms with Crippen molar-refractivity contribution in [3.05, 3.63) is 29.6 Å². The van der Waals surface area contributed by atoms with E-state index in [2.05, 4.69) is 10.3 Å². The van der Waals surface area contributed by atoms with Crippen molar-refractivity contribution < 1.29 is 9.18 Å². The maximum Gasteiger partial charge on any atom is 0.344 e. The van der Waals surface area contributed by atoms with E-state index in [0.717, 1.165) is 5.56 Å². The van der Waals surface area contributed by atoms with Gasteiger partial charge in [0.1, 0.15) is 5.82 Å². The Morgan fingerprint density at radius 3 is 2.50 bits per heavy atom. The number of nitrogens with one attached hydrogen (secondary N) is 1. The van der Waals surface area contributed by atoms with E-state index in [4.69, 9.17) is 5.73 Å². The predicted molar refractivity (Wildman–Crippen MR) is 79.4 cm³/mol. The van der Waals surface area contributed by atoms with E-state index in [-0.39, 0.29) is 11.6 Å². The van der Waals surface area contributed by atoms with E-state index >= 15 is 0 Å². The van der Waals surface area contributed by atoms with Gasteiger partial charge in [-0.1, -0.05) is 6.07 Å². The topological polar surface area (TPSA) is 70.7 Å². The smallest absolute Gasteiger partial charge is 0.344 e. The summed E-state index contributed by atoms with van der Waals surface area (Å²) in [5, 5.41) is 2.65. The molecular formula is C14H21FN4O. The van der Waals surface area contributed by atoms with E-state index in [1.165, 1.54) is 11.0 Å². The summed E-state index contributed by atoms with van der Waals surface area (Å²) in [5.74, 6) is -0.489. The van der Waals surface area contributed by atoms with Crippen molar-refractivity contribution in [2.75, 3.05) is 11.9 Å². The van der Waals surface area contributed by atoms with Gasteiger partial charge in [0.05, 0.1) is 5.69 Å². The van der Waals surface area contributed by atoms with Gasteiger partial charge in [-0.15, -0.1) is 0 Å². The summed E-state index contributed by atoms with van der Waals surface area (Å²) in [6.45, 7) is 7.29. The molecule has 6 heteroatoms. The van der Waals surface area contributed by atoms with Gasteiger partial charge in [-0.05, 0) is 45.4 Å². The SMILES string of the molecule is Cc1ccc(N(C)C(N)=NC(=O)NC(C)(C)C)c(F)c1. The van der Waals surface area contributed by atoms with Gasteiger partial charge in [0.15, 0.2) is 0 Å². The summed E-state index contributed by atoms with van der Waals surface area (Å²) in [6.07, 6.45) is 0. The van der Waals surface area contributed by atoms with Crippen molar-refractivity contribution in [2.45, 2.75) is 33.2 Å². The zero-order valence-corrected chi connectivity index (χ0v) is 12.5. The summed E-state index contributed by atoms with van der Waals surface area (Å²) >= 11 is 0. The molecule has 0 atom stereocenters. The fourth-order valence-electron chi connectivity index (χ4n) is 1.54. The Morgan fingerprint density at radius 2 is 2.00 bits per heavy atom. The molecule has 1 aromatic rings. The molecule has 0 saturated carbocycles. The van der Waals surface area contributed by atoms with Crippen molar-refractivity contribution in [3.8, 4) is 0 Å². The standard InChI is InChI=1S/C14H21FN4O/c1-9-6-7-11(10(15)8-9)19(5)12(16)17-13(20)18-14(2,3)4/h6-8H,1-5H3,(H3,16,17,18,20). The number of guanidine groups is 1. The summed E-state index contributed by atoms with van der Waals surface area (Å²) in [7, 11) is 1.55. The van der Waals surface area contributed by atoms with Gasteiger partial charge in [0, 0.05) is 12.6 Å². The monoisotopic (exact) mass is 280 g/mol. The first-order valence-electron chi connectivity index (χ1n) is 6.26. The second kappa shape index (κ2) is 5.90. The molecule has 0 aromatic heterocycles. The molecule has 110 valence electrons. The Bertz CT molecular complexity index is 534. The highest BCUT2D eigenvalue weighted by molar-refractivity contribution is 6.01. The number of aliphatic imine (C=N–C) groups is 1. The lowest BCUT2D eigenvalue weighted by molar-refractivity contribution is 0.241. The lowest BCUT2D eigenvalue weighted by Crippen LogP contribution is -2.42. The molecule has 0 aliphatic heterocycles. The lowest BCUT2D eigenvalue weighted by Gasteiger charge is -2.21. The number of nitrogens with zero attached hydrogens (tertiary/aromatic N) is 2. The Hall–Kier alpha value is -2.11. The van der Waals surface area contributed by atoms with Gasteiger partial charge in [-0.3, -0.25) is 0 Å². The third-order valence-corrected chi connectivity index (χ3v) is 2.51. The molecule has 5 nitrogen and oxygen atoms in total. The van der Waals surface area contributed by atoms with Crippen LogP contribution in [0.25, 0.3) is 0 Å². The summed E-state index contributed by atoms with van der Waals surface area (Å²) < 4.78 is 13.8. The third-order valence-electron chi connectivity index (χ3n) is 2.51. The molecule has 3 N–H and O–H groups in total. The maximum atomic E-state index is 13.8. The average Bonchev–Trinajstić information content (AvgIpc) is 2.25. The molecule has 0 bridgehead atoms. The highest BCUT2D eigenvalue weighted by Crippen LogP contribution is 2.18. The summed E-state index contributed by atoms with van der Waals surface area (Å²) in [5.41, 5.74) is 6.39. The van der Waals surface area contributed by atoms with E-state index in [0.29, 0.717) is 0 Å². The molecule has 0 spiro atoms. The van der Waals surface area contributed by atoms with Crippen LogP contribution in [0.3, 0.4) is 0 Å². The van der Waals surface area contributed by atoms with E-state index in [1.807, 2.05) is 20.8 Å². The Kier molecular flexibility index (Phi) is 4.70. The number of aryl methyl sites for hydroxylation is 1. The molecule has 0 aliphatic carbocycles. The molecule has 0 radical (unpaired) electrons. The average molecular weight is 280 g/mol. The van der Waals surface area contributed by atoms with Crippen molar-refractivity contribution >= 4 is 17.7 Å². The first-order valence-corrected chi connectivity index (χ1v) is 6.26. The van der Waals surface area contributed by atoms with Crippen LogP contribution in [-0.2, 0) is 0 Å². The third kappa shape index (κ3) is 4.53. The number of hydrogen-bond donors (Lipinski definition) is 2. The van der Waals surface area contributed by atoms with Gasteiger partial charge in [-0.2, -0.15) is 4.99 Å². The number of carbonyl (C=O) groups is 1. The zero-order chi connectivity index (χ0) is 15.5. The highest BCUT2D eigenvalue weighted by atomic mass is 19.1. The minimum absolute atomic E-state index is 0.0745. The molecule has 2 amide bonds. The zero-order valence-electron chi connectivity index (χ0n) is 12.5. The number of nitrogens with two attached hydrogens (primary N) is 1. The minimum atomic E-state index is -0.561. The van der Waals surface area contributed by atoms with Gasteiger partial charge < -0.3 is 16.0 Å². The van der Waals surface area contributed by atoms with E-state index < -0.39 is 17.4 Å². The Labute approximate surface area is 118 Å². The predicted octanol–water partition coefficient (Wildman–Crippen LogP) is 2.39. The second-order valence-electron chi connectivity index (χ2n) is 5.66. The van der Waals surface area contributed by atoms with Crippen LogP contribution < -0.4 is 16.0 Å². The van der Waals surface area contributed by atoms with Gasteiger partial charge in [0.2, 0.25) is 5.96 Å². The molecule has 20 heavy (non-hydrogen) atoms. The number of carbonyl (C=O) groups excluding carboxylic acids is 1. The number of benzene rings is 1. The first-order chi connectivity index (χ1) is 9.10. The van der Waals surface area contributed by atoms with Crippen molar-refractivity contribution in [1.29, 1.82) is 0 Å². The number of hydrogen-bond acceptors (Lipinski definition) is 1. The fourth-order valence-corrected chi connectivity index (χ4v) is 1.54.